The third kappa shape index (κ3) is 5.91. The number of hydrogen-bond donors (Lipinski definition) is 1. The standard InChI is InChI=1S/C22H22Cl4N4OS/c1-4-30-20(28-29-22(30)32-11-13-5-7-15(23)17(25)9-13)19(12(2)3)27-21(31)14-6-8-16(24)18(26)10-14/h5-10,12,19H,4,11H2,1-3H3,(H,27,31)/t19-/m1/s1. The molecule has 32 heavy (non-hydrogen) atoms. The van der Waals surface area contributed by atoms with Crippen molar-refractivity contribution >= 4 is 64.1 Å². The summed E-state index contributed by atoms with van der Waals surface area (Å²) < 4.78 is 2.02. The van der Waals surface area contributed by atoms with Crippen LogP contribution < -0.4 is 5.32 Å². The molecule has 0 aliphatic heterocycles. The number of nitrogens with one attached hydrogen (secondary N) is 1. The van der Waals surface area contributed by atoms with E-state index in [9.17, 15) is 4.79 Å². The van der Waals surface area contributed by atoms with Gasteiger partial charge in [0.1, 0.15) is 0 Å². The maximum absolute atomic E-state index is 12.9. The van der Waals surface area contributed by atoms with E-state index in [1.807, 2.05) is 37.5 Å². The minimum atomic E-state index is -0.330. The van der Waals surface area contributed by atoms with Gasteiger partial charge in [-0.15, -0.1) is 10.2 Å². The van der Waals surface area contributed by atoms with Gasteiger partial charge in [-0.05, 0) is 48.7 Å². The van der Waals surface area contributed by atoms with Gasteiger partial charge in [0.05, 0.1) is 26.1 Å². The molecule has 0 radical (unpaired) electrons. The number of amides is 1. The molecule has 1 N–H and O–H groups in total. The van der Waals surface area contributed by atoms with E-state index in [-0.39, 0.29) is 17.9 Å². The van der Waals surface area contributed by atoms with Gasteiger partial charge in [0.2, 0.25) is 0 Å². The summed E-state index contributed by atoms with van der Waals surface area (Å²) in [5.74, 6) is 1.20. The van der Waals surface area contributed by atoms with E-state index in [1.54, 1.807) is 36.0 Å². The molecule has 3 aromatic rings. The Morgan fingerprint density at radius 1 is 1.00 bits per heavy atom. The third-order valence-electron chi connectivity index (χ3n) is 4.83. The van der Waals surface area contributed by atoms with Gasteiger partial charge >= 0.3 is 0 Å². The van der Waals surface area contributed by atoms with E-state index >= 15 is 0 Å². The molecule has 0 spiro atoms. The molecular formula is C22H22Cl4N4OS. The second-order valence-corrected chi connectivity index (χ2v) is 10.0. The van der Waals surface area contributed by atoms with Crippen molar-refractivity contribution in [1.29, 1.82) is 0 Å². The largest absolute Gasteiger partial charge is 0.342 e. The summed E-state index contributed by atoms with van der Waals surface area (Å²) >= 11 is 25.7. The van der Waals surface area contributed by atoms with Gasteiger partial charge in [0.15, 0.2) is 11.0 Å². The quantitative estimate of drug-likeness (QED) is 0.309. The molecule has 0 unspecified atom stereocenters. The molecule has 1 aromatic heterocycles. The van der Waals surface area contributed by atoms with E-state index < -0.39 is 0 Å². The fourth-order valence-electron chi connectivity index (χ4n) is 3.10. The van der Waals surface area contributed by atoms with Crippen molar-refractivity contribution < 1.29 is 4.79 Å². The highest BCUT2D eigenvalue weighted by Gasteiger charge is 2.26. The van der Waals surface area contributed by atoms with Crippen molar-refractivity contribution in [3.63, 3.8) is 0 Å². The summed E-state index contributed by atoms with van der Waals surface area (Å²) in [4.78, 5) is 12.9. The Morgan fingerprint density at radius 3 is 2.25 bits per heavy atom. The number of hydrogen-bond acceptors (Lipinski definition) is 4. The summed E-state index contributed by atoms with van der Waals surface area (Å²) in [5.41, 5.74) is 1.46. The Hall–Kier alpha value is -1.44. The van der Waals surface area contributed by atoms with Crippen LogP contribution in [0.25, 0.3) is 0 Å². The first-order valence-corrected chi connectivity index (χ1v) is 12.5. The molecule has 0 saturated carbocycles. The highest BCUT2D eigenvalue weighted by Crippen LogP contribution is 2.30. The summed E-state index contributed by atoms with van der Waals surface area (Å²) in [6.45, 7) is 6.74. The molecule has 0 aliphatic carbocycles. The number of thioether (sulfide) groups is 1. The molecule has 1 atom stereocenters. The highest BCUT2D eigenvalue weighted by atomic mass is 35.5. The van der Waals surface area contributed by atoms with Crippen molar-refractivity contribution in [1.82, 2.24) is 20.1 Å². The van der Waals surface area contributed by atoms with E-state index in [0.29, 0.717) is 43.8 Å². The molecule has 2 aromatic carbocycles. The Balaban J connectivity index is 1.80. The smallest absolute Gasteiger partial charge is 0.251 e. The first kappa shape index (κ1) is 25.2. The average Bonchev–Trinajstić information content (AvgIpc) is 3.16. The second-order valence-electron chi connectivity index (χ2n) is 7.45. The van der Waals surface area contributed by atoms with Crippen LogP contribution in [0.4, 0.5) is 0 Å². The number of carbonyl (C=O) groups is 1. The number of halogens is 4. The summed E-state index contributed by atoms with van der Waals surface area (Å²) in [6, 6.07) is 10.0. The van der Waals surface area contributed by atoms with E-state index in [2.05, 4.69) is 15.5 Å². The fraction of sp³-hybridized carbons (Fsp3) is 0.318. The van der Waals surface area contributed by atoms with Gasteiger partial charge < -0.3 is 9.88 Å². The monoisotopic (exact) mass is 530 g/mol. The Morgan fingerprint density at radius 2 is 1.66 bits per heavy atom. The van der Waals surface area contributed by atoms with Crippen LogP contribution in [0.1, 0.15) is 48.6 Å². The zero-order valence-corrected chi connectivity index (χ0v) is 21.5. The lowest BCUT2D eigenvalue weighted by Gasteiger charge is -2.22. The normalized spacial score (nSPS) is 12.2. The molecule has 170 valence electrons. The van der Waals surface area contributed by atoms with Crippen LogP contribution in [-0.4, -0.2) is 20.7 Å². The van der Waals surface area contributed by atoms with E-state index in [1.165, 1.54) is 0 Å². The van der Waals surface area contributed by atoms with E-state index in [4.69, 9.17) is 46.4 Å². The number of nitrogens with zero attached hydrogens (tertiary/aromatic N) is 3. The first-order chi connectivity index (χ1) is 15.2. The van der Waals surface area contributed by atoms with Crippen LogP contribution in [0.5, 0.6) is 0 Å². The maximum Gasteiger partial charge on any atom is 0.251 e. The summed E-state index contributed by atoms with van der Waals surface area (Å²) in [5, 5.41) is 14.4. The van der Waals surface area contributed by atoms with Gasteiger partial charge in [-0.1, -0.05) is 78.1 Å². The fourth-order valence-corrected chi connectivity index (χ4v) is 4.67. The van der Waals surface area contributed by atoms with Gasteiger partial charge in [0, 0.05) is 17.9 Å². The van der Waals surface area contributed by atoms with Gasteiger partial charge in [0.25, 0.3) is 5.91 Å². The second kappa shape index (κ2) is 11.1. The molecule has 0 saturated heterocycles. The predicted octanol–water partition coefficient (Wildman–Crippen LogP) is 7.33. The van der Waals surface area contributed by atoms with Crippen molar-refractivity contribution in [2.75, 3.05) is 0 Å². The summed E-state index contributed by atoms with van der Waals surface area (Å²) in [6.07, 6.45) is 0. The molecule has 1 amide bonds. The van der Waals surface area contributed by atoms with Crippen LogP contribution >= 0.6 is 58.2 Å². The number of carbonyl (C=O) groups excluding carboxylic acids is 1. The number of benzene rings is 2. The molecule has 0 bridgehead atoms. The minimum absolute atomic E-state index is 0.0872. The SMILES string of the molecule is CCn1c(SCc2ccc(Cl)c(Cl)c2)nnc1[C@H](NC(=O)c1ccc(Cl)c(Cl)c1)C(C)C. The molecule has 1 heterocycles. The van der Waals surface area contributed by atoms with Crippen LogP contribution in [0.15, 0.2) is 41.6 Å². The lowest BCUT2D eigenvalue weighted by atomic mass is 10.0. The van der Waals surface area contributed by atoms with E-state index in [0.717, 1.165) is 10.7 Å². The highest BCUT2D eigenvalue weighted by molar-refractivity contribution is 7.98. The minimum Gasteiger partial charge on any atom is -0.342 e. The molecule has 0 fully saturated rings. The van der Waals surface area contributed by atoms with Crippen molar-refractivity contribution in [2.45, 2.75) is 44.3 Å². The average molecular weight is 532 g/mol. The molecule has 0 aliphatic rings. The van der Waals surface area contributed by atoms with Crippen molar-refractivity contribution in [3.05, 3.63) is 73.4 Å². The Labute approximate surface area is 211 Å². The Bertz CT molecular complexity index is 1120. The topological polar surface area (TPSA) is 59.8 Å². The maximum atomic E-state index is 12.9. The van der Waals surface area contributed by atoms with Crippen molar-refractivity contribution in [2.24, 2.45) is 5.92 Å². The summed E-state index contributed by atoms with van der Waals surface area (Å²) in [7, 11) is 0. The molecular weight excluding hydrogens is 510 g/mol. The van der Waals surface area contributed by atoms with Gasteiger partial charge in [-0.25, -0.2) is 0 Å². The first-order valence-electron chi connectivity index (χ1n) is 9.97. The van der Waals surface area contributed by atoms with Crippen LogP contribution in [0.2, 0.25) is 20.1 Å². The Kier molecular flexibility index (Phi) is 8.75. The third-order valence-corrected chi connectivity index (χ3v) is 7.34. The van der Waals surface area contributed by atoms with Crippen molar-refractivity contribution in [3.8, 4) is 0 Å². The molecule has 5 nitrogen and oxygen atoms in total. The van der Waals surface area contributed by atoms with Gasteiger partial charge in [-0.3, -0.25) is 4.79 Å². The van der Waals surface area contributed by atoms with Crippen LogP contribution in [-0.2, 0) is 12.3 Å². The molecule has 3 rings (SSSR count). The number of aromatic nitrogens is 3. The molecule has 10 heteroatoms. The zero-order valence-electron chi connectivity index (χ0n) is 17.7. The zero-order chi connectivity index (χ0) is 23.4. The lowest BCUT2D eigenvalue weighted by molar-refractivity contribution is 0.0922. The van der Waals surface area contributed by atoms with Gasteiger partial charge in [-0.2, -0.15) is 0 Å². The van der Waals surface area contributed by atoms with Crippen LogP contribution in [0, 0.1) is 5.92 Å². The number of rotatable bonds is 8. The predicted molar refractivity (Wildman–Crippen MR) is 133 cm³/mol. The lowest BCUT2D eigenvalue weighted by Crippen LogP contribution is -2.33. The van der Waals surface area contributed by atoms with Crippen LogP contribution in [0.3, 0.4) is 0 Å².